The van der Waals surface area contributed by atoms with Crippen molar-refractivity contribution in [2.24, 2.45) is 11.8 Å². The third-order valence-corrected chi connectivity index (χ3v) is 9.22. The van der Waals surface area contributed by atoms with Gasteiger partial charge in [-0.25, -0.2) is 15.0 Å². The van der Waals surface area contributed by atoms with Crippen LogP contribution in [0, 0.1) is 11.8 Å². The summed E-state index contributed by atoms with van der Waals surface area (Å²) in [5, 5.41) is 13.1. The number of ether oxygens (including phenoxy) is 1. The van der Waals surface area contributed by atoms with Crippen molar-refractivity contribution in [3.05, 3.63) is 58.3 Å². The lowest BCUT2D eigenvalue weighted by molar-refractivity contribution is -0.137. The Morgan fingerprint density at radius 3 is 2.24 bits per heavy atom. The number of halogens is 2. The molecular weight excluding hydrogens is 629 g/mol. The highest BCUT2D eigenvalue weighted by Crippen LogP contribution is 2.31. The van der Waals surface area contributed by atoms with Crippen molar-refractivity contribution in [3.63, 3.8) is 0 Å². The average Bonchev–Trinajstić information content (AvgIpc) is 3.90. The molecule has 6 rings (SSSR count). The van der Waals surface area contributed by atoms with Gasteiger partial charge in [0.25, 0.3) is 0 Å². The maximum Gasteiger partial charge on any atom is 0.304 e. The van der Waals surface area contributed by atoms with Gasteiger partial charge in [-0.05, 0) is 74.5 Å². The average molecular weight is 669 g/mol. The highest BCUT2D eigenvalue weighted by Gasteiger charge is 2.30. The Hall–Kier alpha value is -3.51. The number of rotatable bonds is 12. The molecule has 0 spiro atoms. The van der Waals surface area contributed by atoms with Crippen molar-refractivity contribution >= 4 is 41.0 Å². The van der Waals surface area contributed by atoms with Gasteiger partial charge < -0.3 is 20.1 Å². The molecule has 46 heavy (non-hydrogen) atoms. The summed E-state index contributed by atoms with van der Waals surface area (Å²) in [4.78, 5) is 43.5. The van der Waals surface area contributed by atoms with Gasteiger partial charge in [0, 0.05) is 73.4 Å². The van der Waals surface area contributed by atoms with Crippen molar-refractivity contribution in [1.29, 1.82) is 0 Å². The van der Waals surface area contributed by atoms with E-state index in [1.165, 1.54) is 0 Å². The SMILES string of the molecule is O=C(O)CCN1CCN(c2ncc(Oc3cc(CN4CCC(CNC(=O)C5CC5)CC4)cc(-c4cc(Cl)cc(Cl)c4)n3)cn2)CC1. The van der Waals surface area contributed by atoms with Crippen LogP contribution in [0.2, 0.25) is 10.0 Å². The molecular formula is C33H39Cl2N7O4. The summed E-state index contributed by atoms with van der Waals surface area (Å²) < 4.78 is 6.20. The zero-order valence-corrected chi connectivity index (χ0v) is 27.2. The van der Waals surface area contributed by atoms with E-state index in [2.05, 4.69) is 30.0 Å². The number of hydrogen-bond acceptors (Lipinski definition) is 9. The third-order valence-electron chi connectivity index (χ3n) is 8.78. The molecule has 1 saturated carbocycles. The number of aliphatic carboxylic acids is 1. The fraction of sp³-hybridized carbons (Fsp3) is 0.485. The van der Waals surface area contributed by atoms with Gasteiger partial charge in [-0.3, -0.25) is 19.4 Å². The largest absolute Gasteiger partial charge is 0.481 e. The standard InChI is InChI=1S/C33H39Cl2N7O4/c34-26-15-25(16-27(35)17-26)29-13-23(21-41-6-3-22(4-7-41)18-36-32(45)24-1-2-24)14-30(39-29)46-28-19-37-33(38-20-28)42-11-9-40(10-12-42)8-5-31(43)44/h13-17,19-20,22,24H,1-12,18,21H2,(H,36,45)(H,43,44). The van der Waals surface area contributed by atoms with Crippen LogP contribution >= 0.6 is 23.2 Å². The van der Waals surface area contributed by atoms with Crippen LogP contribution in [-0.4, -0.2) is 94.1 Å². The van der Waals surface area contributed by atoms with Crippen molar-refractivity contribution in [1.82, 2.24) is 30.1 Å². The van der Waals surface area contributed by atoms with Gasteiger partial charge in [0.05, 0.1) is 24.5 Å². The Kier molecular flexibility index (Phi) is 10.5. The van der Waals surface area contributed by atoms with Crippen molar-refractivity contribution in [2.75, 3.05) is 57.3 Å². The van der Waals surface area contributed by atoms with Gasteiger partial charge in [-0.2, -0.15) is 0 Å². The molecule has 1 aromatic carbocycles. The summed E-state index contributed by atoms with van der Waals surface area (Å²) in [6, 6.07) is 9.36. The summed E-state index contributed by atoms with van der Waals surface area (Å²) in [6.45, 7) is 6.91. The van der Waals surface area contributed by atoms with Gasteiger partial charge in [0.15, 0.2) is 5.75 Å². The predicted octanol–water partition coefficient (Wildman–Crippen LogP) is 4.97. The highest BCUT2D eigenvalue weighted by atomic mass is 35.5. The molecule has 4 heterocycles. The molecule has 1 amide bonds. The molecule has 3 fully saturated rings. The van der Waals surface area contributed by atoms with E-state index in [0.717, 1.165) is 89.2 Å². The van der Waals surface area contributed by atoms with Crippen LogP contribution < -0.4 is 15.0 Å². The number of carbonyl (C=O) groups is 2. The van der Waals surface area contributed by atoms with E-state index in [-0.39, 0.29) is 18.2 Å². The van der Waals surface area contributed by atoms with E-state index in [0.29, 0.717) is 45.8 Å². The smallest absolute Gasteiger partial charge is 0.304 e. The second-order valence-corrected chi connectivity index (χ2v) is 13.3. The predicted molar refractivity (Wildman–Crippen MR) is 176 cm³/mol. The molecule has 13 heteroatoms. The summed E-state index contributed by atoms with van der Waals surface area (Å²) >= 11 is 12.7. The monoisotopic (exact) mass is 667 g/mol. The Labute approximate surface area is 278 Å². The number of carboxylic acid groups (broad SMARTS) is 1. The fourth-order valence-electron chi connectivity index (χ4n) is 5.97. The van der Waals surface area contributed by atoms with Gasteiger partial charge in [0.2, 0.25) is 17.7 Å². The normalized spacial score (nSPS) is 18.0. The van der Waals surface area contributed by atoms with Crippen LogP contribution in [0.3, 0.4) is 0 Å². The molecule has 11 nitrogen and oxygen atoms in total. The lowest BCUT2D eigenvalue weighted by atomic mass is 9.96. The minimum absolute atomic E-state index is 0.142. The third kappa shape index (κ3) is 9.06. The van der Waals surface area contributed by atoms with Gasteiger partial charge in [-0.1, -0.05) is 23.2 Å². The molecule has 2 aliphatic heterocycles. The number of piperidine rings is 1. The zero-order valence-electron chi connectivity index (χ0n) is 25.7. The first-order chi connectivity index (χ1) is 22.3. The summed E-state index contributed by atoms with van der Waals surface area (Å²) in [5.74, 6) is 1.68. The maximum atomic E-state index is 12.1. The van der Waals surface area contributed by atoms with Crippen LogP contribution in [0.15, 0.2) is 42.7 Å². The van der Waals surface area contributed by atoms with Crippen LogP contribution in [0.1, 0.15) is 37.7 Å². The van der Waals surface area contributed by atoms with Crippen molar-refractivity contribution in [3.8, 4) is 22.9 Å². The minimum Gasteiger partial charge on any atom is -0.481 e. The zero-order chi connectivity index (χ0) is 32.0. The number of anilines is 1. The summed E-state index contributed by atoms with van der Waals surface area (Å²) in [6.07, 6.45) is 7.57. The molecule has 2 N–H and O–H groups in total. The molecule has 1 aliphatic carbocycles. The number of benzene rings is 1. The van der Waals surface area contributed by atoms with Crippen LogP contribution in [0.25, 0.3) is 11.3 Å². The number of nitrogens with zero attached hydrogens (tertiary/aromatic N) is 6. The molecule has 3 aliphatic rings. The quantitative estimate of drug-likeness (QED) is 0.274. The lowest BCUT2D eigenvalue weighted by Gasteiger charge is -2.34. The van der Waals surface area contributed by atoms with E-state index < -0.39 is 5.97 Å². The first-order valence-electron chi connectivity index (χ1n) is 15.9. The number of likely N-dealkylation sites (tertiary alicyclic amines) is 1. The number of hydrogen-bond donors (Lipinski definition) is 2. The number of aromatic nitrogens is 3. The molecule has 3 aromatic rings. The topological polar surface area (TPSA) is 124 Å². The van der Waals surface area contributed by atoms with Gasteiger partial charge in [-0.15, -0.1) is 0 Å². The lowest BCUT2D eigenvalue weighted by Crippen LogP contribution is -2.47. The molecule has 0 radical (unpaired) electrons. The number of amides is 1. The van der Waals surface area contributed by atoms with Crippen LogP contribution in [0.4, 0.5) is 5.95 Å². The fourth-order valence-corrected chi connectivity index (χ4v) is 6.49. The van der Waals surface area contributed by atoms with Crippen LogP contribution in [-0.2, 0) is 16.1 Å². The van der Waals surface area contributed by atoms with E-state index in [1.54, 1.807) is 18.5 Å². The highest BCUT2D eigenvalue weighted by molar-refractivity contribution is 6.35. The molecule has 2 saturated heterocycles. The maximum absolute atomic E-state index is 12.1. The summed E-state index contributed by atoms with van der Waals surface area (Å²) in [7, 11) is 0. The Morgan fingerprint density at radius 1 is 0.891 bits per heavy atom. The van der Waals surface area contributed by atoms with Crippen LogP contribution in [0.5, 0.6) is 11.6 Å². The Bertz CT molecular complexity index is 1500. The number of nitrogens with one attached hydrogen (secondary N) is 1. The van der Waals surface area contributed by atoms with Crippen molar-refractivity contribution < 1.29 is 19.4 Å². The molecule has 244 valence electrons. The van der Waals surface area contributed by atoms with Gasteiger partial charge >= 0.3 is 5.97 Å². The van der Waals surface area contributed by atoms with Crippen molar-refractivity contribution in [2.45, 2.75) is 38.6 Å². The molecule has 2 aromatic heterocycles. The number of piperazine rings is 1. The Balaban J connectivity index is 1.11. The minimum atomic E-state index is -0.781. The first kappa shape index (κ1) is 32.4. The first-order valence-corrected chi connectivity index (χ1v) is 16.7. The molecule has 0 atom stereocenters. The summed E-state index contributed by atoms with van der Waals surface area (Å²) in [5.41, 5.74) is 2.55. The Morgan fingerprint density at radius 2 is 1.59 bits per heavy atom. The number of carbonyl (C=O) groups excluding carboxylic acids is 1. The van der Waals surface area contributed by atoms with Gasteiger partial charge in [0.1, 0.15) is 0 Å². The molecule has 0 unspecified atom stereocenters. The number of carboxylic acids is 1. The van der Waals surface area contributed by atoms with E-state index in [1.807, 2.05) is 24.3 Å². The number of pyridine rings is 1. The van der Waals surface area contributed by atoms with E-state index >= 15 is 0 Å². The second kappa shape index (κ2) is 14.9. The second-order valence-electron chi connectivity index (χ2n) is 12.4. The van der Waals surface area contributed by atoms with E-state index in [9.17, 15) is 9.59 Å². The van der Waals surface area contributed by atoms with E-state index in [4.69, 9.17) is 38.0 Å². The molecule has 0 bridgehead atoms.